The van der Waals surface area contributed by atoms with E-state index in [1.54, 1.807) is 11.1 Å². The molecule has 1 saturated heterocycles. The number of nitrogens with one attached hydrogen (secondary N) is 2. The molecule has 0 aliphatic carbocycles. The summed E-state index contributed by atoms with van der Waals surface area (Å²) < 4.78 is 5.31. The SMILES string of the molecule is O=C(Nc1cc2cc[nH]c2cn1)N1CCOC(CO)C1. The highest BCUT2D eigenvalue weighted by Crippen LogP contribution is 2.15. The maximum absolute atomic E-state index is 12.1. The van der Waals surface area contributed by atoms with Gasteiger partial charge in [-0.3, -0.25) is 5.32 Å². The maximum atomic E-state index is 12.1. The van der Waals surface area contributed by atoms with E-state index in [0.29, 0.717) is 25.5 Å². The number of aliphatic hydroxyl groups is 1. The molecule has 20 heavy (non-hydrogen) atoms. The molecular weight excluding hydrogens is 260 g/mol. The lowest BCUT2D eigenvalue weighted by atomic mass is 10.3. The number of rotatable bonds is 2. The number of ether oxygens (including phenoxy) is 1. The smallest absolute Gasteiger partial charge is 0.323 e. The molecule has 0 spiro atoms. The predicted molar refractivity (Wildman–Crippen MR) is 73.5 cm³/mol. The second-order valence-corrected chi connectivity index (χ2v) is 4.69. The lowest BCUT2D eigenvalue weighted by molar-refractivity contribution is -0.0388. The van der Waals surface area contributed by atoms with Crippen LogP contribution in [0.25, 0.3) is 10.9 Å². The Morgan fingerprint density at radius 1 is 1.65 bits per heavy atom. The van der Waals surface area contributed by atoms with Crippen molar-refractivity contribution in [3.05, 3.63) is 24.5 Å². The van der Waals surface area contributed by atoms with Crippen LogP contribution in [0, 0.1) is 0 Å². The molecule has 1 aliphatic rings. The van der Waals surface area contributed by atoms with Crippen LogP contribution in [-0.4, -0.2) is 58.4 Å². The summed E-state index contributed by atoms with van der Waals surface area (Å²) in [6, 6.07) is 3.51. The van der Waals surface area contributed by atoms with Crippen molar-refractivity contribution in [3.63, 3.8) is 0 Å². The highest BCUT2D eigenvalue weighted by molar-refractivity contribution is 5.91. The number of H-pyrrole nitrogens is 1. The number of aromatic nitrogens is 2. The first kappa shape index (κ1) is 12.9. The summed E-state index contributed by atoms with van der Waals surface area (Å²) >= 11 is 0. The number of carbonyl (C=O) groups excluding carboxylic acids is 1. The number of hydrogen-bond acceptors (Lipinski definition) is 4. The lowest BCUT2D eigenvalue weighted by Gasteiger charge is -2.31. The molecule has 2 aromatic rings. The summed E-state index contributed by atoms with van der Waals surface area (Å²) in [5.74, 6) is 0.508. The minimum absolute atomic E-state index is 0.0860. The average Bonchev–Trinajstić information content (AvgIpc) is 2.95. The molecule has 2 amide bonds. The fourth-order valence-electron chi connectivity index (χ4n) is 2.22. The van der Waals surface area contributed by atoms with Crippen molar-refractivity contribution >= 4 is 22.8 Å². The van der Waals surface area contributed by atoms with E-state index >= 15 is 0 Å². The first-order valence-corrected chi connectivity index (χ1v) is 6.48. The molecule has 1 fully saturated rings. The molecule has 7 heteroatoms. The lowest BCUT2D eigenvalue weighted by Crippen LogP contribution is -2.48. The normalized spacial score (nSPS) is 19.2. The van der Waals surface area contributed by atoms with Gasteiger partial charge in [0.05, 0.1) is 37.6 Å². The number of anilines is 1. The number of aliphatic hydroxyl groups excluding tert-OH is 1. The van der Waals surface area contributed by atoms with Crippen LogP contribution in [0.2, 0.25) is 0 Å². The molecule has 7 nitrogen and oxygen atoms in total. The van der Waals surface area contributed by atoms with Crippen molar-refractivity contribution in [1.82, 2.24) is 14.9 Å². The van der Waals surface area contributed by atoms with Crippen molar-refractivity contribution in [2.24, 2.45) is 0 Å². The van der Waals surface area contributed by atoms with Gasteiger partial charge < -0.3 is 19.7 Å². The summed E-state index contributed by atoms with van der Waals surface area (Å²) in [5, 5.41) is 12.8. The molecule has 0 bridgehead atoms. The van der Waals surface area contributed by atoms with Crippen molar-refractivity contribution in [2.45, 2.75) is 6.10 Å². The van der Waals surface area contributed by atoms with Gasteiger partial charge in [0.2, 0.25) is 0 Å². The monoisotopic (exact) mass is 276 g/mol. The van der Waals surface area contributed by atoms with E-state index < -0.39 is 0 Å². The number of hydrogen-bond donors (Lipinski definition) is 3. The van der Waals surface area contributed by atoms with E-state index in [1.165, 1.54) is 0 Å². The van der Waals surface area contributed by atoms with E-state index in [2.05, 4.69) is 15.3 Å². The van der Waals surface area contributed by atoms with Crippen molar-refractivity contribution in [3.8, 4) is 0 Å². The van der Waals surface area contributed by atoms with Gasteiger partial charge in [0.25, 0.3) is 0 Å². The van der Waals surface area contributed by atoms with Crippen LogP contribution in [-0.2, 0) is 4.74 Å². The van der Waals surface area contributed by atoms with E-state index in [0.717, 1.165) is 10.9 Å². The third-order valence-corrected chi connectivity index (χ3v) is 3.30. The Hall–Kier alpha value is -2.12. The van der Waals surface area contributed by atoms with Gasteiger partial charge in [-0.05, 0) is 12.1 Å². The quantitative estimate of drug-likeness (QED) is 0.756. The zero-order chi connectivity index (χ0) is 13.9. The second-order valence-electron chi connectivity index (χ2n) is 4.69. The Balaban J connectivity index is 1.68. The Labute approximate surface area is 115 Å². The average molecular weight is 276 g/mol. The second kappa shape index (κ2) is 5.48. The number of pyridine rings is 1. The van der Waals surface area contributed by atoms with Crippen molar-refractivity contribution in [2.75, 3.05) is 31.6 Å². The molecule has 3 rings (SSSR count). The van der Waals surface area contributed by atoms with Crippen LogP contribution < -0.4 is 5.32 Å². The van der Waals surface area contributed by atoms with Crippen LogP contribution in [0.1, 0.15) is 0 Å². The van der Waals surface area contributed by atoms with Crippen LogP contribution in [0.4, 0.5) is 10.6 Å². The minimum atomic E-state index is -0.311. The highest BCUT2D eigenvalue weighted by Gasteiger charge is 2.23. The molecule has 2 aromatic heterocycles. The van der Waals surface area contributed by atoms with Crippen molar-refractivity contribution < 1.29 is 14.6 Å². The number of nitrogens with zero attached hydrogens (tertiary/aromatic N) is 2. The first-order chi connectivity index (χ1) is 9.76. The van der Waals surface area contributed by atoms with Gasteiger partial charge in [-0.25, -0.2) is 9.78 Å². The fourth-order valence-corrected chi connectivity index (χ4v) is 2.22. The standard InChI is InChI=1S/C13H16N4O3/c18-8-10-7-17(3-4-20-10)13(19)16-12-5-9-1-2-14-11(9)6-15-12/h1-2,5-6,10,14,18H,3-4,7-8H2,(H,15,16,19). The van der Waals surface area contributed by atoms with Crippen LogP contribution in [0.5, 0.6) is 0 Å². The Morgan fingerprint density at radius 2 is 2.55 bits per heavy atom. The Kier molecular flexibility index (Phi) is 3.53. The largest absolute Gasteiger partial charge is 0.394 e. The molecule has 3 N–H and O–H groups in total. The van der Waals surface area contributed by atoms with E-state index in [-0.39, 0.29) is 18.7 Å². The summed E-state index contributed by atoms with van der Waals surface area (Å²) in [5.41, 5.74) is 0.926. The number of urea groups is 1. The van der Waals surface area contributed by atoms with E-state index in [1.807, 2.05) is 18.3 Å². The molecule has 3 heterocycles. The minimum Gasteiger partial charge on any atom is -0.394 e. The van der Waals surface area contributed by atoms with Gasteiger partial charge in [0, 0.05) is 18.1 Å². The van der Waals surface area contributed by atoms with Crippen LogP contribution in [0.15, 0.2) is 24.5 Å². The summed E-state index contributed by atoms with van der Waals surface area (Å²) in [6.07, 6.45) is 3.20. The van der Waals surface area contributed by atoms with Gasteiger partial charge in [0.15, 0.2) is 0 Å². The number of fused-ring (bicyclic) bond motifs is 1. The number of amides is 2. The molecule has 1 aliphatic heterocycles. The van der Waals surface area contributed by atoms with Gasteiger partial charge in [-0.2, -0.15) is 0 Å². The van der Waals surface area contributed by atoms with Gasteiger partial charge in [0.1, 0.15) is 5.82 Å². The number of morpholine rings is 1. The zero-order valence-electron chi connectivity index (χ0n) is 10.9. The topological polar surface area (TPSA) is 90.5 Å². The first-order valence-electron chi connectivity index (χ1n) is 6.48. The zero-order valence-corrected chi connectivity index (χ0v) is 10.9. The molecule has 0 saturated carbocycles. The predicted octanol–water partition coefficient (Wildman–Crippen LogP) is 0.788. The summed E-state index contributed by atoms with van der Waals surface area (Å²) in [4.78, 5) is 21.0. The molecule has 1 unspecified atom stereocenters. The van der Waals surface area contributed by atoms with Gasteiger partial charge in [-0.1, -0.05) is 0 Å². The number of aromatic amines is 1. The molecule has 0 aromatic carbocycles. The van der Waals surface area contributed by atoms with Gasteiger partial charge in [-0.15, -0.1) is 0 Å². The van der Waals surface area contributed by atoms with Crippen LogP contribution >= 0.6 is 0 Å². The van der Waals surface area contributed by atoms with E-state index in [9.17, 15) is 4.79 Å². The molecule has 1 atom stereocenters. The fraction of sp³-hybridized carbons (Fsp3) is 0.385. The molecule has 0 radical (unpaired) electrons. The Morgan fingerprint density at radius 3 is 3.40 bits per heavy atom. The molecular formula is C13H16N4O3. The van der Waals surface area contributed by atoms with Crippen molar-refractivity contribution in [1.29, 1.82) is 0 Å². The van der Waals surface area contributed by atoms with E-state index in [4.69, 9.17) is 9.84 Å². The van der Waals surface area contributed by atoms with Gasteiger partial charge >= 0.3 is 6.03 Å². The molecule has 106 valence electrons. The highest BCUT2D eigenvalue weighted by atomic mass is 16.5. The third kappa shape index (κ3) is 2.59. The maximum Gasteiger partial charge on any atom is 0.323 e. The summed E-state index contributed by atoms with van der Waals surface area (Å²) in [6.45, 7) is 1.24. The Bertz CT molecular complexity index is 612. The summed E-state index contributed by atoms with van der Waals surface area (Å²) in [7, 11) is 0. The third-order valence-electron chi connectivity index (χ3n) is 3.30. The number of carbonyl (C=O) groups is 1. The van der Waals surface area contributed by atoms with Crippen LogP contribution in [0.3, 0.4) is 0 Å².